The maximum absolute atomic E-state index is 11.2. The molecule has 1 amide bonds. The van der Waals surface area contributed by atoms with Crippen LogP contribution in [-0.4, -0.2) is 12.4 Å². The van der Waals surface area contributed by atoms with Crippen LogP contribution < -0.4 is 5.48 Å². The first-order valence-corrected chi connectivity index (χ1v) is 4.37. The van der Waals surface area contributed by atoms with Gasteiger partial charge in [-0.05, 0) is 18.6 Å². The highest BCUT2D eigenvalue weighted by Crippen LogP contribution is 2.06. The third-order valence-corrected chi connectivity index (χ3v) is 1.70. The van der Waals surface area contributed by atoms with E-state index in [-0.39, 0.29) is 0 Å². The number of hydrogen-bond donors (Lipinski definition) is 1. The van der Waals surface area contributed by atoms with Gasteiger partial charge in [0.15, 0.2) is 0 Å². The Morgan fingerprint density at radius 2 is 2.00 bits per heavy atom. The number of carbonyl (C=O) groups excluding carboxylic acids is 2. The zero-order valence-corrected chi connectivity index (χ0v) is 8.27. The van der Waals surface area contributed by atoms with Crippen molar-refractivity contribution in [3.05, 3.63) is 41.5 Å². The second kappa shape index (κ2) is 5.59. The van der Waals surface area contributed by atoms with Crippen LogP contribution >= 0.6 is 0 Å². The van der Waals surface area contributed by atoms with E-state index >= 15 is 0 Å². The summed E-state index contributed by atoms with van der Waals surface area (Å²) in [4.78, 5) is 25.5. The molecular formula is C11H11NO3. The Hall–Kier alpha value is -2.10. The fraction of sp³-hybridized carbons (Fsp3) is 0.0909. The minimum atomic E-state index is -0.578. The summed E-state index contributed by atoms with van der Waals surface area (Å²) in [6, 6.07) is 9.36. The molecule has 1 N–H and O–H groups in total. The molecule has 1 aromatic carbocycles. The third-order valence-electron chi connectivity index (χ3n) is 1.70. The Morgan fingerprint density at radius 3 is 2.60 bits per heavy atom. The van der Waals surface area contributed by atoms with Crippen molar-refractivity contribution in [3.63, 3.8) is 0 Å². The fourth-order valence-electron chi connectivity index (χ4n) is 1.02. The molecule has 0 saturated heterocycles. The minimum absolute atomic E-state index is 0.299. The lowest BCUT2D eigenvalue weighted by Crippen LogP contribution is -2.18. The predicted molar refractivity (Wildman–Crippen MR) is 55.4 cm³/mol. The molecule has 4 nitrogen and oxygen atoms in total. The highest BCUT2D eigenvalue weighted by molar-refractivity contribution is 5.93. The normalized spacial score (nSPS) is 10.6. The molecule has 0 heterocycles. The molecule has 0 unspecified atom stereocenters. The molecule has 0 aliphatic heterocycles. The molecule has 78 valence electrons. The Bertz CT molecular complexity index is 371. The number of nitrogens with one attached hydrogen (secondary N) is 1. The summed E-state index contributed by atoms with van der Waals surface area (Å²) in [6.45, 7) is 1.61. The van der Waals surface area contributed by atoms with E-state index in [4.69, 9.17) is 0 Å². The maximum atomic E-state index is 11.2. The van der Waals surface area contributed by atoms with E-state index < -0.39 is 5.97 Å². The van der Waals surface area contributed by atoms with Gasteiger partial charge in [0, 0.05) is 5.57 Å². The molecule has 1 rings (SSSR count). The average Bonchev–Trinajstić information content (AvgIpc) is 2.27. The van der Waals surface area contributed by atoms with Gasteiger partial charge in [0.25, 0.3) is 0 Å². The van der Waals surface area contributed by atoms with Crippen LogP contribution in [0.4, 0.5) is 0 Å². The topological polar surface area (TPSA) is 55.4 Å². The molecule has 4 heteroatoms. The summed E-state index contributed by atoms with van der Waals surface area (Å²) in [5.74, 6) is -0.578. The lowest BCUT2D eigenvalue weighted by atomic mass is 10.1. The number of hydrogen-bond acceptors (Lipinski definition) is 3. The summed E-state index contributed by atoms with van der Waals surface area (Å²) >= 11 is 0. The van der Waals surface area contributed by atoms with Gasteiger partial charge < -0.3 is 4.84 Å². The van der Waals surface area contributed by atoms with E-state index in [1.807, 2.05) is 35.8 Å². The Labute approximate surface area is 87.5 Å². The van der Waals surface area contributed by atoms with Crippen LogP contribution in [-0.2, 0) is 14.4 Å². The number of benzene rings is 1. The summed E-state index contributed by atoms with van der Waals surface area (Å²) in [6.07, 6.45) is 1.97. The minimum Gasteiger partial charge on any atom is -0.336 e. The molecule has 15 heavy (non-hydrogen) atoms. The van der Waals surface area contributed by atoms with Crippen LogP contribution in [0.25, 0.3) is 6.08 Å². The van der Waals surface area contributed by atoms with E-state index in [2.05, 4.69) is 4.84 Å². The van der Waals surface area contributed by atoms with E-state index in [1.165, 1.54) is 0 Å². The van der Waals surface area contributed by atoms with Crippen molar-refractivity contribution in [2.75, 3.05) is 0 Å². The second-order valence-electron chi connectivity index (χ2n) is 2.86. The van der Waals surface area contributed by atoms with Crippen molar-refractivity contribution in [2.24, 2.45) is 0 Å². The number of amides is 1. The van der Waals surface area contributed by atoms with Gasteiger partial charge in [0.2, 0.25) is 6.41 Å². The molecular weight excluding hydrogens is 194 g/mol. The fourth-order valence-corrected chi connectivity index (χ4v) is 1.02. The zero-order chi connectivity index (χ0) is 11.1. The number of carbonyl (C=O) groups is 2. The van der Waals surface area contributed by atoms with Crippen molar-refractivity contribution in [2.45, 2.75) is 6.92 Å². The Kier molecular flexibility index (Phi) is 4.09. The van der Waals surface area contributed by atoms with Crippen LogP contribution in [0.1, 0.15) is 12.5 Å². The summed E-state index contributed by atoms with van der Waals surface area (Å²) in [7, 11) is 0. The molecule has 0 atom stereocenters. The van der Waals surface area contributed by atoms with Crippen LogP contribution in [0.15, 0.2) is 35.9 Å². The maximum Gasteiger partial charge on any atom is 0.358 e. The molecule has 0 aliphatic carbocycles. The second-order valence-corrected chi connectivity index (χ2v) is 2.86. The van der Waals surface area contributed by atoms with Crippen LogP contribution in [0, 0.1) is 0 Å². The molecule has 0 spiro atoms. The van der Waals surface area contributed by atoms with Crippen LogP contribution in [0.5, 0.6) is 0 Å². The summed E-state index contributed by atoms with van der Waals surface area (Å²) in [5.41, 5.74) is 3.16. The van der Waals surface area contributed by atoms with Gasteiger partial charge >= 0.3 is 5.97 Å². The van der Waals surface area contributed by atoms with E-state index in [0.717, 1.165) is 5.56 Å². The van der Waals surface area contributed by atoms with Crippen LogP contribution in [0.3, 0.4) is 0 Å². The van der Waals surface area contributed by atoms with Gasteiger partial charge in [-0.25, -0.2) is 4.79 Å². The first-order chi connectivity index (χ1) is 7.24. The Morgan fingerprint density at radius 1 is 1.33 bits per heavy atom. The highest BCUT2D eigenvalue weighted by atomic mass is 16.7. The quantitative estimate of drug-likeness (QED) is 0.458. The SMILES string of the molecule is C/C(=C\c1ccccc1)C(=O)ONC=O. The van der Waals surface area contributed by atoms with E-state index in [9.17, 15) is 9.59 Å². The van der Waals surface area contributed by atoms with Crippen molar-refractivity contribution in [3.8, 4) is 0 Å². The molecule has 0 radical (unpaired) electrons. The molecule has 1 aromatic rings. The first kappa shape index (κ1) is 11.0. The first-order valence-electron chi connectivity index (χ1n) is 4.37. The van der Waals surface area contributed by atoms with Gasteiger partial charge in [-0.15, -0.1) is 0 Å². The van der Waals surface area contributed by atoms with E-state index in [1.54, 1.807) is 13.0 Å². The van der Waals surface area contributed by atoms with Gasteiger partial charge in [-0.3, -0.25) is 4.79 Å². The predicted octanol–water partition coefficient (Wildman–Crippen LogP) is 1.29. The van der Waals surface area contributed by atoms with Crippen molar-refractivity contribution < 1.29 is 14.4 Å². The highest BCUT2D eigenvalue weighted by Gasteiger charge is 2.04. The number of rotatable bonds is 4. The van der Waals surface area contributed by atoms with Crippen molar-refractivity contribution in [1.82, 2.24) is 5.48 Å². The van der Waals surface area contributed by atoms with Crippen LogP contribution in [0.2, 0.25) is 0 Å². The van der Waals surface area contributed by atoms with Gasteiger partial charge in [-0.2, -0.15) is 5.48 Å². The standard InChI is InChI=1S/C11H11NO3/c1-9(11(14)15-12-8-13)7-10-5-3-2-4-6-10/h2-8H,1H3,(H,12,13)/b9-7+. The summed E-state index contributed by atoms with van der Waals surface area (Å²) < 4.78 is 0. The molecule has 0 fully saturated rings. The smallest absolute Gasteiger partial charge is 0.336 e. The number of hydroxylamine groups is 1. The Balaban J connectivity index is 2.67. The largest absolute Gasteiger partial charge is 0.358 e. The summed E-state index contributed by atoms with van der Waals surface area (Å²) in [5, 5.41) is 0. The van der Waals surface area contributed by atoms with Crippen molar-refractivity contribution >= 4 is 18.5 Å². The zero-order valence-electron chi connectivity index (χ0n) is 8.27. The van der Waals surface area contributed by atoms with Crippen molar-refractivity contribution in [1.29, 1.82) is 0 Å². The average molecular weight is 205 g/mol. The molecule has 0 aromatic heterocycles. The molecule has 0 bridgehead atoms. The lowest BCUT2D eigenvalue weighted by Gasteiger charge is -2.00. The third kappa shape index (κ3) is 3.64. The van der Waals surface area contributed by atoms with E-state index in [0.29, 0.717) is 12.0 Å². The van der Waals surface area contributed by atoms with Gasteiger partial charge in [0.1, 0.15) is 0 Å². The van der Waals surface area contributed by atoms with Gasteiger partial charge in [0.05, 0.1) is 0 Å². The monoisotopic (exact) mass is 205 g/mol. The van der Waals surface area contributed by atoms with Gasteiger partial charge in [-0.1, -0.05) is 30.3 Å². The lowest BCUT2D eigenvalue weighted by molar-refractivity contribution is -0.150. The molecule has 0 saturated carbocycles. The molecule has 0 aliphatic rings.